The van der Waals surface area contributed by atoms with Gasteiger partial charge in [0.2, 0.25) is 0 Å². The molecular weight excluding hydrogens is 282 g/mol. The molecule has 0 aromatic heterocycles. The van der Waals surface area contributed by atoms with Crippen LogP contribution in [0.3, 0.4) is 0 Å². The van der Waals surface area contributed by atoms with E-state index in [1.54, 1.807) is 6.08 Å². The Kier molecular flexibility index (Phi) is 5.94. The van der Waals surface area contributed by atoms with Crippen LogP contribution in [0.5, 0.6) is 0 Å². The fourth-order valence-electron chi connectivity index (χ4n) is 1.44. The molecule has 1 aromatic rings. The summed E-state index contributed by atoms with van der Waals surface area (Å²) in [6.07, 6.45) is 3.77. The molecule has 92 valence electrons. The van der Waals surface area contributed by atoms with Gasteiger partial charge in [0, 0.05) is 23.6 Å². The van der Waals surface area contributed by atoms with E-state index < -0.39 is 5.97 Å². The molecule has 0 bridgehead atoms. The maximum Gasteiger partial charge on any atom is 0.328 e. The average molecular weight is 298 g/mol. The summed E-state index contributed by atoms with van der Waals surface area (Å²) in [5.74, 6) is -0.899. The quantitative estimate of drug-likeness (QED) is 0.821. The van der Waals surface area contributed by atoms with Crippen molar-refractivity contribution in [2.24, 2.45) is 0 Å². The number of benzene rings is 1. The van der Waals surface area contributed by atoms with Crippen molar-refractivity contribution in [3.05, 3.63) is 46.5 Å². The molecule has 0 heterocycles. The van der Waals surface area contributed by atoms with Crippen LogP contribution in [0.25, 0.3) is 0 Å². The van der Waals surface area contributed by atoms with E-state index in [9.17, 15) is 4.79 Å². The van der Waals surface area contributed by atoms with Gasteiger partial charge in [-0.1, -0.05) is 40.2 Å². The molecule has 0 radical (unpaired) electrons. The van der Waals surface area contributed by atoms with Crippen molar-refractivity contribution in [3.8, 4) is 0 Å². The van der Waals surface area contributed by atoms with Crippen LogP contribution in [0.4, 0.5) is 0 Å². The highest BCUT2D eigenvalue weighted by Gasteiger charge is 2.01. The van der Waals surface area contributed by atoms with Gasteiger partial charge in [0.1, 0.15) is 0 Å². The predicted molar refractivity (Wildman–Crippen MR) is 72.1 cm³/mol. The third-order valence-corrected chi connectivity index (χ3v) is 3.17. The molecule has 0 spiro atoms. The molecule has 0 saturated heterocycles. The molecule has 0 unspecified atom stereocenters. The van der Waals surface area contributed by atoms with Crippen molar-refractivity contribution in [2.75, 3.05) is 20.1 Å². The van der Waals surface area contributed by atoms with Gasteiger partial charge in [0.05, 0.1) is 0 Å². The monoisotopic (exact) mass is 297 g/mol. The molecule has 0 aliphatic carbocycles. The average Bonchev–Trinajstić information content (AvgIpc) is 2.27. The molecular formula is C13H16BrNO2. The molecule has 0 atom stereocenters. The fraction of sp³-hybridized carbons (Fsp3) is 0.308. The Bertz CT molecular complexity index is 404. The first-order valence-electron chi connectivity index (χ1n) is 5.41. The second-order valence-corrected chi connectivity index (χ2v) is 4.70. The van der Waals surface area contributed by atoms with Crippen LogP contribution < -0.4 is 0 Å². The van der Waals surface area contributed by atoms with E-state index in [2.05, 4.69) is 26.9 Å². The predicted octanol–water partition coefficient (Wildman–Crippen LogP) is 2.56. The Hall–Kier alpha value is -1.13. The number of carbonyl (C=O) groups is 1. The number of halogens is 1. The van der Waals surface area contributed by atoms with Crippen molar-refractivity contribution in [2.45, 2.75) is 6.42 Å². The summed E-state index contributed by atoms with van der Waals surface area (Å²) in [5, 5.41) is 8.46. The summed E-state index contributed by atoms with van der Waals surface area (Å²) in [6.45, 7) is 1.54. The Morgan fingerprint density at radius 1 is 1.47 bits per heavy atom. The second-order valence-electron chi connectivity index (χ2n) is 3.84. The van der Waals surface area contributed by atoms with Crippen molar-refractivity contribution in [1.82, 2.24) is 4.90 Å². The summed E-state index contributed by atoms with van der Waals surface area (Å²) >= 11 is 3.51. The van der Waals surface area contributed by atoms with Crippen molar-refractivity contribution in [1.29, 1.82) is 0 Å². The summed E-state index contributed by atoms with van der Waals surface area (Å²) in [5.41, 5.74) is 1.27. The zero-order chi connectivity index (χ0) is 12.7. The van der Waals surface area contributed by atoms with Gasteiger partial charge in [-0.2, -0.15) is 0 Å². The highest BCUT2D eigenvalue weighted by molar-refractivity contribution is 9.10. The van der Waals surface area contributed by atoms with Crippen molar-refractivity contribution >= 4 is 21.9 Å². The van der Waals surface area contributed by atoms with Gasteiger partial charge in [-0.15, -0.1) is 0 Å². The Morgan fingerprint density at radius 2 is 2.18 bits per heavy atom. The Labute approximate surface area is 110 Å². The largest absolute Gasteiger partial charge is 0.478 e. The molecule has 0 aliphatic heterocycles. The maximum absolute atomic E-state index is 10.3. The molecule has 1 aromatic carbocycles. The van der Waals surface area contributed by atoms with Crippen molar-refractivity contribution in [3.63, 3.8) is 0 Å². The van der Waals surface area contributed by atoms with E-state index in [0.717, 1.165) is 17.4 Å². The number of carboxylic acid groups (broad SMARTS) is 1. The molecule has 4 heteroatoms. The minimum absolute atomic E-state index is 0.650. The number of carboxylic acids is 1. The standard InChI is InChI=1S/C13H16BrNO2/c1-15(9-4-7-13(16)17)10-8-11-5-2-3-6-12(11)14/h2-7H,8-10H2,1H3,(H,16,17)/b7-4+. The SMILES string of the molecule is CN(C/C=C/C(=O)O)CCc1ccccc1Br. The smallest absolute Gasteiger partial charge is 0.328 e. The number of aliphatic carboxylic acids is 1. The van der Waals surface area contributed by atoms with Gasteiger partial charge in [-0.3, -0.25) is 0 Å². The number of likely N-dealkylation sites (N-methyl/N-ethyl adjacent to an activating group) is 1. The van der Waals surface area contributed by atoms with Crippen LogP contribution in [0.1, 0.15) is 5.56 Å². The van der Waals surface area contributed by atoms with Gasteiger partial charge >= 0.3 is 5.97 Å². The minimum atomic E-state index is -0.899. The first-order valence-corrected chi connectivity index (χ1v) is 6.20. The van der Waals surface area contributed by atoms with Crippen LogP contribution in [-0.2, 0) is 11.2 Å². The maximum atomic E-state index is 10.3. The fourth-order valence-corrected chi connectivity index (χ4v) is 1.92. The van der Waals surface area contributed by atoms with Gasteiger partial charge in [0.25, 0.3) is 0 Å². The number of hydrogen-bond acceptors (Lipinski definition) is 2. The summed E-state index contributed by atoms with van der Waals surface area (Å²) in [4.78, 5) is 12.4. The molecule has 17 heavy (non-hydrogen) atoms. The van der Waals surface area contributed by atoms with Crippen LogP contribution in [0.15, 0.2) is 40.9 Å². The number of nitrogens with zero attached hydrogens (tertiary/aromatic N) is 1. The normalized spacial score (nSPS) is 11.2. The van der Waals surface area contributed by atoms with E-state index >= 15 is 0 Å². The first-order chi connectivity index (χ1) is 8.09. The zero-order valence-corrected chi connectivity index (χ0v) is 11.4. The third kappa shape index (κ3) is 5.65. The van der Waals surface area contributed by atoms with E-state index in [4.69, 9.17) is 5.11 Å². The third-order valence-electron chi connectivity index (χ3n) is 2.40. The lowest BCUT2D eigenvalue weighted by Crippen LogP contribution is -2.21. The molecule has 1 N–H and O–H groups in total. The Balaban J connectivity index is 2.36. The summed E-state index contributed by atoms with van der Waals surface area (Å²) in [7, 11) is 1.98. The lowest BCUT2D eigenvalue weighted by atomic mass is 10.1. The van der Waals surface area contributed by atoms with Gasteiger partial charge < -0.3 is 10.0 Å². The van der Waals surface area contributed by atoms with Gasteiger partial charge in [-0.05, 0) is 25.1 Å². The molecule has 0 aliphatic rings. The lowest BCUT2D eigenvalue weighted by Gasteiger charge is -2.14. The van der Waals surface area contributed by atoms with Gasteiger partial charge in [0.15, 0.2) is 0 Å². The first kappa shape index (κ1) is 13.9. The number of rotatable bonds is 6. The van der Waals surface area contributed by atoms with E-state index in [1.165, 1.54) is 11.6 Å². The van der Waals surface area contributed by atoms with Crippen LogP contribution >= 0.6 is 15.9 Å². The van der Waals surface area contributed by atoms with Gasteiger partial charge in [-0.25, -0.2) is 4.79 Å². The molecule has 0 amide bonds. The zero-order valence-electron chi connectivity index (χ0n) is 9.77. The Morgan fingerprint density at radius 3 is 2.82 bits per heavy atom. The highest BCUT2D eigenvalue weighted by Crippen LogP contribution is 2.16. The second kappa shape index (κ2) is 7.25. The van der Waals surface area contributed by atoms with E-state index in [1.807, 2.05) is 25.2 Å². The minimum Gasteiger partial charge on any atom is -0.478 e. The topological polar surface area (TPSA) is 40.5 Å². The molecule has 3 nitrogen and oxygen atoms in total. The molecule has 0 fully saturated rings. The summed E-state index contributed by atoms with van der Waals surface area (Å²) in [6, 6.07) is 8.13. The van der Waals surface area contributed by atoms with Crippen LogP contribution in [0, 0.1) is 0 Å². The van der Waals surface area contributed by atoms with E-state index in [-0.39, 0.29) is 0 Å². The summed E-state index contributed by atoms with van der Waals surface area (Å²) < 4.78 is 1.12. The lowest BCUT2D eigenvalue weighted by molar-refractivity contribution is -0.131. The molecule has 1 rings (SSSR count). The molecule has 0 saturated carbocycles. The highest BCUT2D eigenvalue weighted by atomic mass is 79.9. The van der Waals surface area contributed by atoms with Crippen LogP contribution in [0.2, 0.25) is 0 Å². The van der Waals surface area contributed by atoms with Crippen molar-refractivity contribution < 1.29 is 9.90 Å². The van der Waals surface area contributed by atoms with E-state index in [0.29, 0.717) is 6.54 Å². The van der Waals surface area contributed by atoms with Crippen LogP contribution in [-0.4, -0.2) is 36.1 Å². The number of hydrogen-bond donors (Lipinski definition) is 1.